The van der Waals surface area contributed by atoms with E-state index in [0.29, 0.717) is 41.4 Å². The van der Waals surface area contributed by atoms with Crippen molar-refractivity contribution in [3.63, 3.8) is 0 Å². The van der Waals surface area contributed by atoms with Crippen molar-refractivity contribution in [1.82, 2.24) is 15.2 Å². The highest BCUT2D eigenvalue weighted by Crippen LogP contribution is 2.24. The molecule has 0 spiro atoms. The Balaban J connectivity index is 1.99. The summed E-state index contributed by atoms with van der Waals surface area (Å²) < 4.78 is 0. The number of rotatable bonds is 8. The largest absolute Gasteiger partial charge is 0.390 e. The highest BCUT2D eigenvalue weighted by Gasteiger charge is 2.10. The first-order valence-corrected chi connectivity index (χ1v) is 10.5. The van der Waals surface area contributed by atoms with Crippen molar-refractivity contribution in [2.24, 2.45) is 0 Å². The third kappa shape index (κ3) is 7.72. The smallest absolute Gasteiger partial charge is 0.247 e. The maximum atomic E-state index is 12.3. The molecule has 2 aromatic rings. The van der Waals surface area contributed by atoms with Gasteiger partial charge in [0.25, 0.3) is 0 Å². The Morgan fingerprint density at radius 2 is 2.19 bits per heavy atom. The van der Waals surface area contributed by atoms with E-state index >= 15 is 0 Å². The number of likely N-dealkylation sites (N-methyl/N-ethyl adjacent to an activating group) is 1. The van der Waals surface area contributed by atoms with Crippen molar-refractivity contribution in [1.29, 1.82) is 0 Å². The Morgan fingerprint density at radius 1 is 1.42 bits per heavy atom. The van der Waals surface area contributed by atoms with Crippen LogP contribution >= 0.6 is 11.6 Å². The highest BCUT2D eigenvalue weighted by atomic mass is 35.5. The van der Waals surface area contributed by atoms with Crippen LogP contribution in [0, 0.1) is 11.8 Å². The molecular formula is C24H29ClN4O2. The molecule has 2 rings (SSSR count). The van der Waals surface area contributed by atoms with Crippen LogP contribution in [0.2, 0.25) is 5.02 Å². The number of nitrogen functional groups attached to an aromatic ring is 1. The number of aliphatic hydroxyl groups is 1. The van der Waals surface area contributed by atoms with Crippen molar-refractivity contribution >= 4 is 34.1 Å². The lowest BCUT2D eigenvalue weighted by molar-refractivity contribution is -0.118. The number of anilines is 1. The molecular weight excluding hydrogens is 412 g/mol. The van der Waals surface area contributed by atoms with Gasteiger partial charge in [0.05, 0.1) is 11.7 Å². The number of hydrogen-bond donors (Lipinski definition) is 3. The summed E-state index contributed by atoms with van der Waals surface area (Å²) in [5.74, 6) is 6.33. The molecule has 0 fully saturated rings. The average Bonchev–Trinajstić information content (AvgIpc) is 2.72. The zero-order valence-electron chi connectivity index (χ0n) is 18.2. The fraction of sp³-hybridized carbons (Fsp3) is 0.333. The van der Waals surface area contributed by atoms with Gasteiger partial charge in [-0.05, 0) is 32.6 Å². The minimum absolute atomic E-state index is 0.178. The predicted molar refractivity (Wildman–Crippen MR) is 128 cm³/mol. The van der Waals surface area contributed by atoms with E-state index < -0.39 is 6.10 Å². The van der Waals surface area contributed by atoms with Crippen LogP contribution in [0.25, 0.3) is 10.8 Å². The van der Waals surface area contributed by atoms with Gasteiger partial charge < -0.3 is 21.1 Å². The maximum Gasteiger partial charge on any atom is 0.247 e. The van der Waals surface area contributed by atoms with Gasteiger partial charge in [-0.1, -0.05) is 54.7 Å². The fourth-order valence-corrected chi connectivity index (χ4v) is 3.12. The molecule has 1 aromatic carbocycles. The molecule has 0 saturated carbocycles. The summed E-state index contributed by atoms with van der Waals surface area (Å²) in [6.07, 6.45) is 7.63. The van der Waals surface area contributed by atoms with E-state index in [1.165, 1.54) is 0 Å². The maximum absolute atomic E-state index is 12.3. The number of allylic oxidation sites excluding steroid dienone is 3. The number of nitrogens with two attached hydrogens (primary N) is 1. The summed E-state index contributed by atoms with van der Waals surface area (Å²) in [4.78, 5) is 18.3. The van der Waals surface area contributed by atoms with Gasteiger partial charge in [0.2, 0.25) is 5.91 Å². The number of hydrogen-bond acceptors (Lipinski definition) is 5. The molecule has 0 bridgehead atoms. The van der Waals surface area contributed by atoms with Crippen LogP contribution in [0.15, 0.2) is 48.2 Å². The van der Waals surface area contributed by atoms with E-state index in [2.05, 4.69) is 22.1 Å². The second-order valence-corrected chi connectivity index (χ2v) is 7.79. The number of pyridine rings is 1. The van der Waals surface area contributed by atoms with Crippen molar-refractivity contribution < 1.29 is 9.90 Å². The summed E-state index contributed by atoms with van der Waals surface area (Å²) in [5.41, 5.74) is 7.29. The Labute approximate surface area is 188 Å². The molecule has 0 saturated heterocycles. The zero-order chi connectivity index (χ0) is 22.8. The van der Waals surface area contributed by atoms with Gasteiger partial charge in [0.15, 0.2) is 0 Å². The number of carbonyl (C=O) groups excluding carboxylic acids is 1. The molecule has 31 heavy (non-hydrogen) atoms. The number of amides is 1. The van der Waals surface area contributed by atoms with Crippen molar-refractivity contribution in [3.05, 3.63) is 58.8 Å². The third-order valence-electron chi connectivity index (χ3n) is 4.50. The number of aliphatic hydroxyl groups excluding tert-OH is 1. The minimum atomic E-state index is -0.603. The number of nitrogens with zero attached hydrogens (tertiary/aromatic N) is 2. The summed E-state index contributed by atoms with van der Waals surface area (Å²) in [7, 11) is 3.74. The first kappa shape index (κ1) is 24.4. The van der Waals surface area contributed by atoms with Gasteiger partial charge in [-0.15, -0.1) is 0 Å². The monoisotopic (exact) mass is 440 g/mol. The van der Waals surface area contributed by atoms with Crippen LogP contribution in [0.4, 0.5) is 5.82 Å². The highest BCUT2D eigenvalue weighted by molar-refractivity contribution is 6.31. The molecule has 0 radical (unpaired) electrons. The van der Waals surface area contributed by atoms with Gasteiger partial charge in [0, 0.05) is 47.1 Å². The standard InChI is InChI=1S/C24H29ClN4O2/c1-4-17(24(31)28-15-20(30)16-29(2)3)9-7-5-6-8-10-21-22-13-19(25)12-11-18(22)14-27-23(21)26/h5,7,9,11-14,20,30H,4,6,15-16H2,1-3H3,(H2,26,27)(H,28,31)/b7-5-,17-9+. The molecule has 4 N–H and O–H groups in total. The molecule has 1 amide bonds. The molecule has 164 valence electrons. The van der Waals surface area contributed by atoms with Crippen LogP contribution in [-0.2, 0) is 4.79 Å². The van der Waals surface area contributed by atoms with Crippen molar-refractivity contribution in [2.75, 3.05) is 32.9 Å². The zero-order valence-corrected chi connectivity index (χ0v) is 18.9. The molecule has 6 nitrogen and oxygen atoms in total. The Morgan fingerprint density at radius 3 is 2.90 bits per heavy atom. The Bertz CT molecular complexity index is 1030. The number of halogens is 1. The number of benzene rings is 1. The second kappa shape index (κ2) is 12.1. The quantitative estimate of drug-likeness (QED) is 0.333. The minimum Gasteiger partial charge on any atom is -0.390 e. The third-order valence-corrected chi connectivity index (χ3v) is 4.73. The van der Waals surface area contributed by atoms with E-state index in [9.17, 15) is 9.90 Å². The van der Waals surface area contributed by atoms with Crippen LogP contribution in [0.3, 0.4) is 0 Å². The van der Waals surface area contributed by atoms with Gasteiger partial charge in [-0.3, -0.25) is 4.79 Å². The molecule has 0 aliphatic rings. The van der Waals surface area contributed by atoms with Crippen LogP contribution in [0.5, 0.6) is 0 Å². The average molecular weight is 441 g/mol. The number of nitrogens with one attached hydrogen (secondary N) is 1. The molecule has 0 aliphatic carbocycles. The second-order valence-electron chi connectivity index (χ2n) is 7.36. The lowest BCUT2D eigenvalue weighted by atomic mass is 10.1. The van der Waals surface area contributed by atoms with E-state index in [4.69, 9.17) is 17.3 Å². The van der Waals surface area contributed by atoms with Gasteiger partial charge in [-0.2, -0.15) is 0 Å². The van der Waals surface area contributed by atoms with E-state index in [1.807, 2.05) is 50.2 Å². The first-order chi connectivity index (χ1) is 14.8. The summed E-state index contributed by atoms with van der Waals surface area (Å²) in [6.45, 7) is 2.62. The molecule has 1 atom stereocenters. The molecule has 1 heterocycles. The summed E-state index contributed by atoms with van der Waals surface area (Å²) >= 11 is 6.10. The Kier molecular flexibility index (Phi) is 9.54. The topological polar surface area (TPSA) is 91.5 Å². The molecule has 1 aromatic heterocycles. The van der Waals surface area contributed by atoms with Gasteiger partial charge >= 0.3 is 0 Å². The van der Waals surface area contributed by atoms with Gasteiger partial charge in [0.1, 0.15) is 5.82 Å². The van der Waals surface area contributed by atoms with E-state index in [1.54, 1.807) is 18.3 Å². The lowest BCUT2D eigenvalue weighted by Gasteiger charge is -2.16. The van der Waals surface area contributed by atoms with Gasteiger partial charge in [-0.25, -0.2) is 4.98 Å². The van der Waals surface area contributed by atoms with E-state index in [-0.39, 0.29) is 12.5 Å². The molecule has 7 heteroatoms. The molecule has 1 unspecified atom stereocenters. The SMILES string of the molecule is CC/C(=C\C=C/CC#Cc1c(N)ncc2ccc(Cl)cc12)C(=O)NCC(O)CN(C)C. The van der Waals surface area contributed by atoms with Crippen LogP contribution < -0.4 is 11.1 Å². The first-order valence-electron chi connectivity index (χ1n) is 10.1. The number of aromatic nitrogens is 1. The Hall–Kier alpha value is -2.85. The number of carbonyl (C=O) groups is 1. The lowest BCUT2D eigenvalue weighted by Crippen LogP contribution is -2.38. The van der Waals surface area contributed by atoms with Crippen LogP contribution in [-0.4, -0.2) is 54.2 Å². The number of fused-ring (bicyclic) bond motifs is 1. The molecule has 0 aliphatic heterocycles. The normalized spacial score (nSPS) is 12.8. The van der Waals surface area contributed by atoms with E-state index in [0.717, 1.165) is 10.8 Å². The van der Waals surface area contributed by atoms with Crippen molar-refractivity contribution in [2.45, 2.75) is 25.9 Å². The fourth-order valence-electron chi connectivity index (χ4n) is 2.95. The summed E-state index contributed by atoms with van der Waals surface area (Å²) in [5, 5.41) is 15.0. The summed E-state index contributed by atoms with van der Waals surface area (Å²) in [6, 6.07) is 5.52. The van der Waals surface area contributed by atoms with Crippen molar-refractivity contribution in [3.8, 4) is 11.8 Å². The predicted octanol–water partition coefficient (Wildman–Crippen LogP) is 3.14. The van der Waals surface area contributed by atoms with Crippen LogP contribution in [0.1, 0.15) is 25.3 Å².